The summed E-state index contributed by atoms with van der Waals surface area (Å²) >= 11 is 0. The maximum absolute atomic E-state index is 13.3. The highest BCUT2D eigenvalue weighted by Gasteiger charge is 2.41. The van der Waals surface area contributed by atoms with E-state index in [4.69, 9.17) is 15.2 Å². The van der Waals surface area contributed by atoms with Gasteiger partial charge < -0.3 is 15.2 Å². The molecule has 0 radical (unpaired) electrons. The molecule has 0 bridgehead atoms. The van der Waals surface area contributed by atoms with Crippen LogP contribution >= 0.6 is 0 Å². The highest BCUT2D eigenvalue weighted by atomic mass is 19.1. The molecule has 0 saturated heterocycles. The predicted molar refractivity (Wildman–Crippen MR) is 65.6 cm³/mol. The summed E-state index contributed by atoms with van der Waals surface area (Å²) in [6.07, 6.45) is 0. The fraction of sp³-hybridized carbons (Fsp3) is 0.462. The number of carbonyl (C=O) groups excluding carboxylic acids is 1. The van der Waals surface area contributed by atoms with Crippen molar-refractivity contribution in [1.29, 1.82) is 0 Å². The molecule has 6 heteroatoms. The average molecular weight is 273 g/mol. The van der Waals surface area contributed by atoms with Crippen LogP contribution in [0.25, 0.3) is 0 Å². The van der Waals surface area contributed by atoms with Gasteiger partial charge in [0.1, 0.15) is 17.0 Å². The first-order valence-electron chi connectivity index (χ1n) is 5.83. The number of halogens is 2. The minimum atomic E-state index is -1.41. The summed E-state index contributed by atoms with van der Waals surface area (Å²) < 4.78 is 36.5. The van der Waals surface area contributed by atoms with Crippen LogP contribution in [0.15, 0.2) is 18.2 Å². The Morgan fingerprint density at radius 1 is 1.32 bits per heavy atom. The van der Waals surface area contributed by atoms with Gasteiger partial charge in [-0.25, -0.2) is 8.78 Å². The number of benzene rings is 1. The van der Waals surface area contributed by atoms with E-state index >= 15 is 0 Å². The van der Waals surface area contributed by atoms with Crippen LogP contribution in [-0.2, 0) is 19.7 Å². The van der Waals surface area contributed by atoms with Crippen LogP contribution in [0, 0.1) is 11.6 Å². The van der Waals surface area contributed by atoms with Crippen molar-refractivity contribution in [3.05, 3.63) is 35.4 Å². The molecule has 0 saturated carbocycles. The second-order valence-corrected chi connectivity index (χ2v) is 4.10. The van der Waals surface area contributed by atoms with Crippen molar-refractivity contribution >= 4 is 5.97 Å². The molecule has 0 amide bonds. The van der Waals surface area contributed by atoms with Crippen LogP contribution < -0.4 is 5.73 Å². The van der Waals surface area contributed by atoms with Gasteiger partial charge in [-0.3, -0.25) is 4.79 Å². The van der Waals surface area contributed by atoms with Crippen LogP contribution in [0.1, 0.15) is 12.5 Å². The summed E-state index contributed by atoms with van der Waals surface area (Å²) in [5.41, 5.74) is 4.33. The van der Waals surface area contributed by atoms with Crippen molar-refractivity contribution in [3.8, 4) is 0 Å². The first kappa shape index (κ1) is 15.5. The molecule has 0 aliphatic carbocycles. The molecular weight excluding hydrogens is 256 g/mol. The molecule has 2 N–H and O–H groups in total. The minimum Gasteiger partial charge on any atom is -0.465 e. The van der Waals surface area contributed by atoms with E-state index in [2.05, 4.69) is 0 Å². The highest BCUT2D eigenvalue weighted by Crippen LogP contribution is 2.27. The maximum atomic E-state index is 13.3. The molecular formula is C13H17F2NO3. The van der Waals surface area contributed by atoms with Crippen molar-refractivity contribution < 1.29 is 23.0 Å². The third-order valence-electron chi connectivity index (χ3n) is 2.82. The lowest BCUT2D eigenvalue weighted by atomic mass is 9.81. The number of esters is 1. The molecule has 106 valence electrons. The minimum absolute atomic E-state index is 0.104. The number of nitrogens with two attached hydrogens (primary N) is 1. The Morgan fingerprint density at radius 3 is 2.32 bits per heavy atom. The molecule has 0 aliphatic rings. The summed E-state index contributed by atoms with van der Waals surface area (Å²) in [6.45, 7) is 1.48. The SMILES string of the molecule is CCOC(=O)C(CN)(COC)c1cc(F)cc(F)c1. The number of ether oxygens (including phenoxy) is 2. The van der Waals surface area contributed by atoms with E-state index in [1.807, 2.05) is 0 Å². The van der Waals surface area contributed by atoms with Crippen LogP contribution in [0.5, 0.6) is 0 Å². The van der Waals surface area contributed by atoms with Crippen molar-refractivity contribution in [2.75, 3.05) is 26.9 Å². The van der Waals surface area contributed by atoms with Crippen molar-refractivity contribution in [2.24, 2.45) is 5.73 Å². The van der Waals surface area contributed by atoms with E-state index in [9.17, 15) is 13.6 Å². The zero-order valence-corrected chi connectivity index (χ0v) is 10.9. The molecule has 0 heterocycles. The molecule has 0 aliphatic heterocycles. The van der Waals surface area contributed by atoms with E-state index in [0.717, 1.165) is 18.2 Å². The predicted octanol–water partition coefficient (Wildman–Crippen LogP) is 1.37. The molecule has 0 aromatic heterocycles. The fourth-order valence-corrected chi connectivity index (χ4v) is 1.87. The molecule has 0 spiro atoms. The lowest BCUT2D eigenvalue weighted by molar-refractivity contribution is -0.152. The van der Waals surface area contributed by atoms with Gasteiger partial charge in [0.25, 0.3) is 0 Å². The zero-order chi connectivity index (χ0) is 14.5. The third kappa shape index (κ3) is 3.27. The molecule has 1 rings (SSSR count). The van der Waals surface area contributed by atoms with Crippen LogP contribution in [-0.4, -0.2) is 32.8 Å². The Hall–Kier alpha value is -1.53. The standard InChI is InChI=1S/C13H17F2NO3/c1-3-19-12(17)13(7-16,8-18-2)9-4-10(14)6-11(15)5-9/h4-6H,3,7-8,16H2,1-2H3. The van der Waals surface area contributed by atoms with E-state index in [1.165, 1.54) is 7.11 Å². The summed E-state index contributed by atoms with van der Waals surface area (Å²) in [5.74, 6) is -2.23. The molecule has 1 atom stereocenters. The molecule has 1 aromatic rings. The first-order valence-corrected chi connectivity index (χ1v) is 5.83. The van der Waals surface area contributed by atoms with Gasteiger partial charge in [-0.1, -0.05) is 0 Å². The highest BCUT2D eigenvalue weighted by molar-refractivity contribution is 5.84. The largest absolute Gasteiger partial charge is 0.465 e. The monoisotopic (exact) mass is 273 g/mol. The third-order valence-corrected chi connectivity index (χ3v) is 2.82. The van der Waals surface area contributed by atoms with Crippen molar-refractivity contribution in [1.82, 2.24) is 0 Å². The lowest BCUT2D eigenvalue weighted by Crippen LogP contribution is -2.48. The Labute approximate surface area is 110 Å². The van der Waals surface area contributed by atoms with Crippen LogP contribution in [0.2, 0.25) is 0 Å². The number of hydrogen-bond donors (Lipinski definition) is 1. The smallest absolute Gasteiger partial charge is 0.320 e. The Morgan fingerprint density at radius 2 is 1.89 bits per heavy atom. The Kier molecular flexibility index (Phi) is 5.38. The molecule has 19 heavy (non-hydrogen) atoms. The second-order valence-electron chi connectivity index (χ2n) is 4.10. The van der Waals surface area contributed by atoms with E-state index in [-0.39, 0.29) is 25.3 Å². The number of hydrogen-bond acceptors (Lipinski definition) is 4. The first-order chi connectivity index (χ1) is 9.00. The second kappa shape index (κ2) is 6.58. The fourth-order valence-electron chi connectivity index (χ4n) is 1.87. The Balaban J connectivity index is 3.32. The van der Waals surface area contributed by atoms with Gasteiger partial charge in [-0.2, -0.15) is 0 Å². The van der Waals surface area contributed by atoms with Crippen LogP contribution in [0.4, 0.5) is 8.78 Å². The van der Waals surface area contributed by atoms with Gasteiger partial charge in [0.05, 0.1) is 13.2 Å². The molecule has 4 nitrogen and oxygen atoms in total. The van der Waals surface area contributed by atoms with E-state index in [0.29, 0.717) is 0 Å². The maximum Gasteiger partial charge on any atom is 0.320 e. The molecule has 1 unspecified atom stereocenters. The number of rotatable bonds is 6. The van der Waals surface area contributed by atoms with E-state index < -0.39 is 23.0 Å². The quantitative estimate of drug-likeness (QED) is 0.795. The number of carbonyl (C=O) groups is 1. The van der Waals surface area contributed by atoms with Gasteiger partial charge in [-0.05, 0) is 24.6 Å². The Bertz CT molecular complexity index is 433. The zero-order valence-electron chi connectivity index (χ0n) is 10.9. The van der Waals surface area contributed by atoms with Gasteiger partial charge in [0.2, 0.25) is 0 Å². The van der Waals surface area contributed by atoms with Crippen molar-refractivity contribution in [2.45, 2.75) is 12.3 Å². The van der Waals surface area contributed by atoms with Crippen LogP contribution in [0.3, 0.4) is 0 Å². The topological polar surface area (TPSA) is 61.5 Å². The van der Waals surface area contributed by atoms with Crippen molar-refractivity contribution in [3.63, 3.8) is 0 Å². The lowest BCUT2D eigenvalue weighted by Gasteiger charge is -2.29. The molecule has 0 fully saturated rings. The summed E-state index contributed by atoms with van der Waals surface area (Å²) in [7, 11) is 1.37. The summed E-state index contributed by atoms with van der Waals surface area (Å²) in [6, 6.07) is 2.85. The summed E-state index contributed by atoms with van der Waals surface area (Å²) in [4.78, 5) is 12.1. The molecule has 1 aromatic carbocycles. The van der Waals surface area contributed by atoms with E-state index in [1.54, 1.807) is 6.92 Å². The normalized spacial score (nSPS) is 13.9. The number of methoxy groups -OCH3 is 1. The van der Waals surface area contributed by atoms with Gasteiger partial charge >= 0.3 is 5.97 Å². The average Bonchev–Trinajstić information content (AvgIpc) is 2.35. The summed E-state index contributed by atoms with van der Waals surface area (Å²) in [5, 5.41) is 0. The van der Waals surface area contributed by atoms with Gasteiger partial charge in [0, 0.05) is 19.7 Å². The van der Waals surface area contributed by atoms with Gasteiger partial charge in [0.15, 0.2) is 0 Å². The van der Waals surface area contributed by atoms with Gasteiger partial charge in [-0.15, -0.1) is 0 Å².